The van der Waals surface area contributed by atoms with Crippen LogP contribution in [-0.4, -0.2) is 25.8 Å². The largest absolute Gasteiger partial charge is 0.380 e. The standard InChI is InChI=1S/C11H15Cl2NOS/c12-10-7-8(11(13)16-10)3-5-15-6-4-14-9-1-2-9/h7,9,14H,1-6H2. The molecule has 1 heterocycles. The summed E-state index contributed by atoms with van der Waals surface area (Å²) in [5.41, 5.74) is 1.09. The van der Waals surface area contributed by atoms with Gasteiger partial charge in [0.2, 0.25) is 0 Å². The number of rotatable bonds is 7. The Morgan fingerprint density at radius 2 is 2.19 bits per heavy atom. The lowest BCUT2D eigenvalue weighted by Crippen LogP contribution is -2.22. The molecular weight excluding hydrogens is 265 g/mol. The molecule has 0 amide bonds. The number of halogens is 2. The van der Waals surface area contributed by atoms with Gasteiger partial charge in [0.1, 0.15) is 0 Å². The smallest absolute Gasteiger partial charge is 0.0977 e. The minimum atomic E-state index is 0.707. The van der Waals surface area contributed by atoms with Crippen LogP contribution in [0, 0.1) is 0 Å². The van der Waals surface area contributed by atoms with Crippen LogP contribution < -0.4 is 5.32 Å². The highest BCUT2D eigenvalue weighted by molar-refractivity contribution is 7.20. The predicted molar refractivity (Wildman–Crippen MR) is 69.9 cm³/mol. The molecule has 1 saturated carbocycles. The first-order chi connectivity index (χ1) is 7.75. The van der Waals surface area contributed by atoms with Crippen LogP contribution in [0.2, 0.25) is 8.67 Å². The Kier molecular flexibility index (Phi) is 4.92. The Hall–Kier alpha value is 0.200. The Labute approximate surface area is 110 Å². The van der Waals surface area contributed by atoms with Gasteiger partial charge in [0.05, 0.1) is 21.9 Å². The van der Waals surface area contributed by atoms with Crippen LogP contribution in [0.5, 0.6) is 0 Å². The molecular formula is C11H15Cl2NOS. The van der Waals surface area contributed by atoms with Crippen molar-refractivity contribution in [3.8, 4) is 0 Å². The third-order valence-electron chi connectivity index (χ3n) is 2.50. The van der Waals surface area contributed by atoms with E-state index in [-0.39, 0.29) is 0 Å². The molecule has 0 saturated heterocycles. The molecule has 0 radical (unpaired) electrons. The third-order valence-corrected chi connectivity index (χ3v) is 4.07. The number of nitrogens with one attached hydrogen (secondary N) is 1. The van der Waals surface area contributed by atoms with Crippen molar-refractivity contribution in [1.29, 1.82) is 0 Å². The van der Waals surface area contributed by atoms with E-state index in [4.69, 9.17) is 27.9 Å². The summed E-state index contributed by atoms with van der Waals surface area (Å²) in [7, 11) is 0. The van der Waals surface area contributed by atoms with Crippen LogP contribution in [-0.2, 0) is 11.2 Å². The molecule has 0 aliphatic heterocycles. The normalized spacial score (nSPS) is 15.6. The van der Waals surface area contributed by atoms with Gasteiger partial charge in [-0.25, -0.2) is 0 Å². The van der Waals surface area contributed by atoms with Gasteiger partial charge in [0, 0.05) is 12.6 Å². The van der Waals surface area contributed by atoms with Crippen LogP contribution in [0.25, 0.3) is 0 Å². The molecule has 90 valence electrons. The fourth-order valence-corrected chi connectivity index (χ4v) is 3.00. The summed E-state index contributed by atoms with van der Waals surface area (Å²) < 4.78 is 7.05. The van der Waals surface area contributed by atoms with Crippen LogP contribution in [0.4, 0.5) is 0 Å². The SMILES string of the molecule is Clc1cc(CCOCCNC2CC2)c(Cl)s1. The maximum atomic E-state index is 6.00. The summed E-state index contributed by atoms with van der Waals surface area (Å²) in [5.74, 6) is 0. The molecule has 1 aromatic heterocycles. The van der Waals surface area contributed by atoms with Crippen molar-refractivity contribution in [2.45, 2.75) is 25.3 Å². The van der Waals surface area contributed by atoms with E-state index in [1.54, 1.807) is 0 Å². The van der Waals surface area contributed by atoms with Crippen LogP contribution in [0.1, 0.15) is 18.4 Å². The molecule has 1 aliphatic rings. The molecule has 1 aromatic rings. The second-order valence-corrected chi connectivity index (χ2v) is 6.23. The summed E-state index contributed by atoms with van der Waals surface area (Å²) in [4.78, 5) is 0. The fourth-order valence-electron chi connectivity index (χ4n) is 1.45. The highest BCUT2D eigenvalue weighted by Crippen LogP contribution is 2.31. The second-order valence-electron chi connectivity index (χ2n) is 3.94. The van der Waals surface area contributed by atoms with Crippen molar-refractivity contribution in [1.82, 2.24) is 5.32 Å². The lowest BCUT2D eigenvalue weighted by atomic mass is 10.2. The third kappa shape index (κ3) is 4.22. The van der Waals surface area contributed by atoms with Crippen molar-refractivity contribution in [2.75, 3.05) is 19.8 Å². The highest BCUT2D eigenvalue weighted by Gasteiger charge is 2.19. The maximum Gasteiger partial charge on any atom is 0.0977 e. The first-order valence-corrected chi connectivity index (χ1v) is 7.08. The van der Waals surface area contributed by atoms with Gasteiger partial charge >= 0.3 is 0 Å². The Morgan fingerprint density at radius 1 is 1.38 bits per heavy atom. The predicted octanol–water partition coefficient (Wildman–Crippen LogP) is 3.37. The summed E-state index contributed by atoms with van der Waals surface area (Å²) in [6.45, 7) is 2.42. The van der Waals surface area contributed by atoms with E-state index in [1.807, 2.05) is 6.07 Å². The minimum Gasteiger partial charge on any atom is -0.380 e. The van der Waals surface area contributed by atoms with Gasteiger partial charge in [-0.2, -0.15) is 0 Å². The minimum absolute atomic E-state index is 0.707. The van der Waals surface area contributed by atoms with Crippen molar-refractivity contribution in [3.05, 3.63) is 20.3 Å². The molecule has 1 aliphatic carbocycles. The van der Waals surface area contributed by atoms with Crippen molar-refractivity contribution in [2.24, 2.45) is 0 Å². The van der Waals surface area contributed by atoms with E-state index in [0.29, 0.717) is 6.61 Å². The number of thiophene rings is 1. The van der Waals surface area contributed by atoms with E-state index < -0.39 is 0 Å². The molecule has 16 heavy (non-hydrogen) atoms. The quantitative estimate of drug-likeness (QED) is 0.773. The molecule has 2 nitrogen and oxygen atoms in total. The average Bonchev–Trinajstić information content (AvgIpc) is 2.99. The highest BCUT2D eigenvalue weighted by atomic mass is 35.5. The van der Waals surface area contributed by atoms with Gasteiger partial charge in [-0.15, -0.1) is 11.3 Å². The molecule has 2 rings (SSSR count). The molecule has 5 heteroatoms. The van der Waals surface area contributed by atoms with Crippen LogP contribution in [0.15, 0.2) is 6.07 Å². The monoisotopic (exact) mass is 279 g/mol. The lowest BCUT2D eigenvalue weighted by molar-refractivity contribution is 0.139. The second kappa shape index (κ2) is 6.22. The summed E-state index contributed by atoms with van der Waals surface area (Å²) in [5, 5.41) is 3.40. The molecule has 0 atom stereocenters. The lowest BCUT2D eigenvalue weighted by Gasteiger charge is -2.04. The van der Waals surface area contributed by atoms with Crippen molar-refractivity contribution < 1.29 is 4.74 Å². The number of hydrogen-bond acceptors (Lipinski definition) is 3. The van der Waals surface area contributed by atoms with Crippen molar-refractivity contribution >= 4 is 34.5 Å². The van der Waals surface area contributed by atoms with Gasteiger partial charge < -0.3 is 10.1 Å². The van der Waals surface area contributed by atoms with Gasteiger partial charge in [0.25, 0.3) is 0 Å². The van der Waals surface area contributed by atoms with Crippen LogP contribution >= 0.6 is 34.5 Å². The topological polar surface area (TPSA) is 21.3 Å². The first kappa shape index (κ1) is 12.7. The number of ether oxygens (including phenoxy) is 1. The number of hydrogen-bond donors (Lipinski definition) is 1. The van der Waals surface area contributed by atoms with Gasteiger partial charge in [-0.1, -0.05) is 23.2 Å². The summed E-state index contributed by atoms with van der Waals surface area (Å²) in [6.07, 6.45) is 3.48. The zero-order chi connectivity index (χ0) is 11.4. The fraction of sp³-hybridized carbons (Fsp3) is 0.636. The van der Waals surface area contributed by atoms with E-state index in [1.165, 1.54) is 24.2 Å². The van der Waals surface area contributed by atoms with E-state index in [9.17, 15) is 0 Å². The molecule has 1 fully saturated rings. The zero-order valence-electron chi connectivity index (χ0n) is 8.97. The molecule has 0 aromatic carbocycles. The molecule has 1 N–H and O–H groups in total. The molecule has 0 spiro atoms. The first-order valence-electron chi connectivity index (χ1n) is 5.50. The molecule has 0 unspecified atom stereocenters. The van der Waals surface area contributed by atoms with Crippen molar-refractivity contribution in [3.63, 3.8) is 0 Å². The van der Waals surface area contributed by atoms with E-state index in [2.05, 4.69) is 5.32 Å². The Morgan fingerprint density at radius 3 is 2.81 bits per heavy atom. The summed E-state index contributed by atoms with van der Waals surface area (Å²) in [6, 6.07) is 2.68. The van der Waals surface area contributed by atoms with Gasteiger partial charge in [-0.3, -0.25) is 0 Å². The molecule has 0 bridgehead atoms. The zero-order valence-corrected chi connectivity index (χ0v) is 11.3. The Balaban J connectivity index is 1.54. The van der Waals surface area contributed by atoms with Gasteiger partial charge in [-0.05, 0) is 30.9 Å². The maximum absolute atomic E-state index is 6.00. The van der Waals surface area contributed by atoms with Crippen LogP contribution in [0.3, 0.4) is 0 Å². The summed E-state index contributed by atoms with van der Waals surface area (Å²) >= 11 is 13.3. The average molecular weight is 280 g/mol. The Bertz CT molecular complexity index is 339. The van der Waals surface area contributed by atoms with E-state index >= 15 is 0 Å². The van der Waals surface area contributed by atoms with Gasteiger partial charge in [0.15, 0.2) is 0 Å². The van der Waals surface area contributed by atoms with E-state index in [0.717, 1.165) is 39.9 Å².